The van der Waals surface area contributed by atoms with Crippen LogP contribution in [0.1, 0.15) is 27.7 Å². The highest BCUT2D eigenvalue weighted by atomic mass is 15.2. The molecule has 0 amide bonds. The number of nitrogens with one attached hydrogen (secondary N) is 1. The maximum Gasteiger partial charge on any atom is 0.108 e. The Morgan fingerprint density at radius 3 is 1.92 bits per heavy atom. The van der Waals surface area contributed by atoms with Crippen molar-refractivity contribution < 1.29 is 0 Å². The van der Waals surface area contributed by atoms with Crippen LogP contribution in [0.5, 0.6) is 0 Å². The van der Waals surface area contributed by atoms with Crippen molar-refractivity contribution in [3.05, 3.63) is 0 Å². The van der Waals surface area contributed by atoms with Gasteiger partial charge in [-0.3, -0.25) is 10.3 Å². The average Bonchev–Trinajstić information content (AvgIpc) is 2.00. The summed E-state index contributed by atoms with van der Waals surface area (Å²) in [6, 6.07) is 0.506. The van der Waals surface area contributed by atoms with Gasteiger partial charge in [0.05, 0.1) is 6.04 Å². The Morgan fingerprint density at radius 1 is 1.25 bits per heavy atom. The minimum atomic E-state index is 0.0439. The predicted molar refractivity (Wildman–Crippen MR) is 53.4 cm³/mol. The van der Waals surface area contributed by atoms with Crippen LogP contribution >= 0.6 is 0 Å². The van der Waals surface area contributed by atoms with Crippen molar-refractivity contribution in [2.45, 2.75) is 39.8 Å². The van der Waals surface area contributed by atoms with Gasteiger partial charge >= 0.3 is 0 Å². The summed E-state index contributed by atoms with van der Waals surface area (Å²) in [4.78, 5) is 2.13. The van der Waals surface area contributed by atoms with Crippen LogP contribution in [-0.2, 0) is 0 Å². The molecule has 0 saturated carbocycles. The molecule has 0 aliphatic heterocycles. The van der Waals surface area contributed by atoms with Gasteiger partial charge in [-0.05, 0) is 26.8 Å². The van der Waals surface area contributed by atoms with E-state index < -0.39 is 0 Å². The Hall–Kier alpha value is -0.570. The molecule has 72 valence electrons. The third-order valence-electron chi connectivity index (χ3n) is 2.67. The SMILES string of the molecule is CC(C)C(C)N(C)C(C)C(=N)N. The normalized spacial score (nSPS) is 16.6. The summed E-state index contributed by atoms with van der Waals surface area (Å²) in [5.74, 6) is 0.835. The van der Waals surface area contributed by atoms with Crippen molar-refractivity contribution >= 4 is 5.84 Å². The molecule has 0 aromatic rings. The first kappa shape index (κ1) is 11.4. The summed E-state index contributed by atoms with van der Waals surface area (Å²) in [5, 5.41) is 7.30. The van der Waals surface area contributed by atoms with E-state index in [1.807, 2.05) is 14.0 Å². The summed E-state index contributed by atoms with van der Waals surface area (Å²) >= 11 is 0. The number of nitrogens with two attached hydrogens (primary N) is 1. The number of likely N-dealkylation sites (N-methyl/N-ethyl adjacent to an activating group) is 1. The van der Waals surface area contributed by atoms with E-state index in [1.54, 1.807) is 0 Å². The first-order chi connectivity index (χ1) is 5.37. The van der Waals surface area contributed by atoms with Gasteiger partial charge < -0.3 is 5.73 Å². The topological polar surface area (TPSA) is 53.1 Å². The van der Waals surface area contributed by atoms with Crippen molar-refractivity contribution in [1.29, 1.82) is 5.41 Å². The Labute approximate surface area is 75.4 Å². The van der Waals surface area contributed by atoms with E-state index in [0.717, 1.165) is 0 Å². The predicted octanol–water partition coefficient (Wildman–Crippen LogP) is 1.29. The lowest BCUT2D eigenvalue weighted by atomic mass is 10.0. The molecule has 2 atom stereocenters. The van der Waals surface area contributed by atoms with Crippen LogP contribution in [0.2, 0.25) is 0 Å². The molecule has 0 aromatic heterocycles. The van der Waals surface area contributed by atoms with Gasteiger partial charge in [-0.1, -0.05) is 13.8 Å². The molecule has 0 aliphatic rings. The molecule has 0 bridgehead atoms. The molecule has 0 radical (unpaired) electrons. The van der Waals surface area contributed by atoms with Gasteiger partial charge in [0, 0.05) is 6.04 Å². The zero-order valence-electron chi connectivity index (χ0n) is 8.76. The van der Waals surface area contributed by atoms with Crippen molar-refractivity contribution in [2.75, 3.05) is 7.05 Å². The van der Waals surface area contributed by atoms with E-state index >= 15 is 0 Å². The van der Waals surface area contributed by atoms with E-state index in [2.05, 4.69) is 25.7 Å². The molecule has 0 heterocycles. The van der Waals surface area contributed by atoms with Crippen LogP contribution in [0.15, 0.2) is 0 Å². The van der Waals surface area contributed by atoms with E-state index in [0.29, 0.717) is 12.0 Å². The molecule has 3 heteroatoms. The van der Waals surface area contributed by atoms with Gasteiger partial charge in [0.1, 0.15) is 5.84 Å². The van der Waals surface area contributed by atoms with Gasteiger partial charge in [0.25, 0.3) is 0 Å². The fourth-order valence-corrected chi connectivity index (χ4v) is 1.04. The third-order valence-corrected chi connectivity index (χ3v) is 2.67. The maximum absolute atomic E-state index is 7.30. The van der Waals surface area contributed by atoms with Gasteiger partial charge in [0.15, 0.2) is 0 Å². The van der Waals surface area contributed by atoms with Crippen LogP contribution in [-0.4, -0.2) is 29.9 Å². The fourth-order valence-electron chi connectivity index (χ4n) is 1.04. The standard InChI is InChI=1S/C9H21N3/c1-6(2)7(3)12(5)8(4)9(10)11/h6-8H,1-5H3,(H3,10,11). The first-order valence-electron chi connectivity index (χ1n) is 4.43. The Kier molecular flexibility index (Phi) is 4.24. The minimum Gasteiger partial charge on any atom is -0.386 e. The second-order valence-electron chi connectivity index (χ2n) is 3.78. The zero-order valence-corrected chi connectivity index (χ0v) is 8.76. The molecular weight excluding hydrogens is 150 g/mol. The number of hydrogen-bond acceptors (Lipinski definition) is 2. The van der Waals surface area contributed by atoms with E-state index in [4.69, 9.17) is 11.1 Å². The van der Waals surface area contributed by atoms with Crippen LogP contribution in [0, 0.1) is 11.3 Å². The molecule has 0 saturated heterocycles. The summed E-state index contributed by atoms with van der Waals surface area (Å²) < 4.78 is 0. The van der Waals surface area contributed by atoms with E-state index in [9.17, 15) is 0 Å². The zero-order chi connectivity index (χ0) is 9.89. The van der Waals surface area contributed by atoms with Crippen LogP contribution in [0.3, 0.4) is 0 Å². The second kappa shape index (κ2) is 4.45. The molecular formula is C9H21N3. The number of rotatable bonds is 4. The van der Waals surface area contributed by atoms with E-state index in [-0.39, 0.29) is 11.9 Å². The molecule has 2 unspecified atom stereocenters. The molecule has 0 aliphatic carbocycles. The number of nitrogens with zero attached hydrogens (tertiary/aromatic N) is 1. The third kappa shape index (κ3) is 2.81. The van der Waals surface area contributed by atoms with E-state index in [1.165, 1.54) is 0 Å². The Balaban J connectivity index is 4.18. The molecule has 0 spiro atoms. The van der Waals surface area contributed by atoms with Crippen LogP contribution in [0.4, 0.5) is 0 Å². The summed E-state index contributed by atoms with van der Waals surface area (Å²) in [6.07, 6.45) is 0. The second-order valence-corrected chi connectivity index (χ2v) is 3.78. The monoisotopic (exact) mass is 171 g/mol. The molecule has 12 heavy (non-hydrogen) atoms. The van der Waals surface area contributed by atoms with Crippen molar-refractivity contribution in [3.63, 3.8) is 0 Å². The lowest BCUT2D eigenvalue weighted by molar-refractivity contribution is 0.190. The minimum absolute atomic E-state index is 0.0439. The summed E-state index contributed by atoms with van der Waals surface area (Å²) in [7, 11) is 2.01. The highest BCUT2D eigenvalue weighted by Gasteiger charge is 2.19. The quantitative estimate of drug-likeness (QED) is 0.494. The highest BCUT2D eigenvalue weighted by Crippen LogP contribution is 2.10. The number of amidine groups is 1. The van der Waals surface area contributed by atoms with Gasteiger partial charge in [-0.15, -0.1) is 0 Å². The molecule has 0 rings (SSSR count). The molecule has 0 aromatic carbocycles. The number of hydrogen-bond donors (Lipinski definition) is 2. The maximum atomic E-state index is 7.30. The lowest BCUT2D eigenvalue weighted by Gasteiger charge is -2.32. The largest absolute Gasteiger partial charge is 0.386 e. The van der Waals surface area contributed by atoms with Crippen molar-refractivity contribution in [1.82, 2.24) is 4.90 Å². The first-order valence-corrected chi connectivity index (χ1v) is 4.43. The van der Waals surface area contributed by atoms with Crippen molar-refractivity contribution in [3.8, 4) is 0 Å². The smallest absolute Gasteiger partial charge is 0.108 e. The molecule has 3 nitrogen and oxygen atoms in total. The van der Waals surface area contributed by atoms with Gasteiger partial charge in [0.2, 0.25) is 0 Å². The molecule has 0 fully saturated rings. The fraction of sp³-hybridized carbons (Fsp3) is 0.889. The van der Waals surface area contributed by atoms with Gasteiger partial charge in [-0.25, -0.2) is 0 Å². The highest BCUT2D eigenvalue weighted by molar-refractivity contribution is 5.82. The van der Waals surface area contributed by atoms with Crippen molar-refractivity contribution in [2.24, 2.45) is 11.7 Å². The van der Waals surface area contributed by atoms with Crippen LogP contribution < -0.4 is 5.73 Å². The Morgan fingerprint density at radius 2 is 1.67 bits per heavy atom. The average molecular weight is 171 g/mol. The summed E-state index contributed by atoms with van der Waals surface area (Å²) in [5.41, 5.74) is 5.42. The molecule has 3 N–H and O–H groups in total. The van der Waals surface area contributed by atoms with Gasteiger partial charge in [-0.2, -0.15) is 0 Å². The lowest BCUT2D eigenvalue weighted by Crippen LogP contribution is -2.46. The summed E-state index contributed by atoms with van der Waals surface area (Å²) in [6.45, 7) is 8.47. The van der Waals surface area contributed by atoms with Crippen LogP contribution in [0.25, 0.3) is 0 Å². The Bertz CT molecular complexity index is 154.